The molecular formula is C11H17ClN2O3S. The fraction of sp³-hybridized carbons (Fsp3) is 0.455. The van der Waals surface area contributed by atoms with E-state index in [0.717, 1.165) is 6.54 Å². The van der Waals surface area contributed by atoms with Crippen LogP contribution in [0.2, 0.25) is 5.02 Å². The number of hydrogen-bond acceptors (Lipinski definition) is 4. The number of anilines is 1. The number of ether oxygens (including phenoxy) is 1. The molecule has 1 rings (SSSR count). The third kappa shape index (κ3) is 4.72. The predicted molar refractivity (Wildman–Crippen MR) is 74.0 cm³/mol. The van der Waals surface area contributed by atoms with Gasteiger partial charge in [0.05, 0.1) is 23.6 Å². The molecule has 0 aromatic heterocycles. The van der Waals surface area contributed by atoms with Gasteiger partial charge in [-0.3, -0.25) is 4.72 Å². The number of sulfonamides is 1. The maximum atomic E-state index is 11.7. The van der Waals surface area contributed by atoms with Crippen LogP contribution in [0.25, 0.3) is 0 Å². The SMILES string of the molecule is CCNCCS(=O)(=O)Nc1ccc(OC)c(Cl)c1. The lowest BCUT2D eigenvalue weighted by Crippen LogP contribution is -2.26. The lowest BCUT2D eigenvalue weighted by Gasteiger charge is -2.10. The average molecular weight is 293 g/mol. The lowest BCUT2D eigenvalue weighted by molar-refractivity contribution is 0.415. The second-order valence-corrected chi connectivity index (χ2v) is 5.87. The normalized spacial score (nSPS) is 11.3. The summed E-state index contributed by atoms with van der Waals surface area (Å²) >= 11 is 5.91. The van der Waals surface area contributed by atoms with E-state index in [1.54, 1.807) is 12.1 Å². The van der Waals surface area contributed by atoms with Crippen molar-refractivity contribution < 1.29 is 13.2 Å². The summed E-state index contributed by atoms with van der Waals surface area (Å²) < 4.78 is 30.9. The summed E-state index contributed by atoms with van der Waals surface area (Å²) in [4.78, 5) is 0. The van der Waals surface area contributed by atoms with Crippen LogP contribution < -0.4 is 14.8 Å². The number of halogens is 1. The van der Waals surface area contributed by atoms with Gasteiger partial charge < -0.3 is 10.1 Å². The monoisotopic (exact) mass is 292 g/mol. The molecule has 0 saturated carbocycles. The highest BCUT2D eigenvalue weighted by Crippen LogP contribution is 2.27. The number of nitrogens with one attached hydrogen (secondary N) is 2. The standard InChI is InChI=1S/C11H17ClN2O3S/c1-3-13-6-7-18(15,16)14-9-4-5-11(17-2)10(12)8-9/h4-5,8,13-14H,3,6-7H2,1-2H3. The third-order valence-corrected chi connectivity index (χ3v) is 3.81. The van der Waals surface area contributed by atoms with Gasteiger partial charge in [0.15, 0.2) is 0 Å². The molecule has 5 nitrogen and oxygen atoms in total. The van der Waals surface area contributed by atoms with Gasteiger partial charge in [0.25, 0.3) is 0 Å². The first kappa shape index (κ1) is 15.1. The van der Waals surface area contributed by atoms with E-state index in [-0.39, 0.29) is 5.75 Å². The van der Waals surface area contributed by atoms with E-state index in [1.165, 1.54) is 13.2 Å². The Bertz CT molecular complexity index is 491. The molecule has 1 aromatic carbocycles. The van der Waals surface area contributed by atoms with Crippen LogP contribution in [-0.2, 0) is 10.0 Å². The van der Waals surface area contributed by atoms with Crippen molar-refractivity contribution in [3.63, 3.8) is 0 Å². The summed E-state index contributed by atoms with van der Waals surface area (Å²) in [7, 11) is -1.85. The van der Waals surface area contributed by atoms with Crippen LogP contribution in [0.1, 0.15) is 6.92 Å². The van der Waals surface area contributed by atoms with E-state index >= 15 is 0 Å². The van der Waals surface area contributed by atoms with Gasteiger partial charge >= 0.3 is 0 Å². The first-order valence-electron chi connectivity index (χ1n) is 5.53. The van der Waals surface area contributed by atoms with Gasteiger partial charge in [-0.2, -0.15) is 0 Å². The summed E-state index contributed by atoms with van der Waals surface area (Å²) in [5, 5.41) is 3.32. The van der Waals surface area contributed by atoms with E-state index < -0.39 is 10.0 Å². The number of rotatable bonds is 7. The zero-order chi connectivity index (χ0) is 13.6. The maximum absolute atomic E-state index is 11.7. The van der Waals surface area contributed by atoms with E-state index in [9.17, 15) is 8.42 Å². The molecule has 0 unspecified atom stereocenters. The number of methoxy groups -OCH3 is 1. The van der Waals surface area contributed by atoms with Crippen molar-refractivity contribution in [3.05, 3.63) is 23.2 Å². The van der Waals surface area contributed by atoms with Crippen LogP contribution >= 0.6 is 11.6 Å². The van der Waals surface area contributed by atoms with Crippen LogP contribution in [0.15, 0.2) is 18.2 Å². The van der Waals surface area contributed by atoms with E-state index in [1.807, 2.05) is 6.92 Å². The van der Waals surface area contributed by atoms with Gasteiger partial charge in [-0.15, -0.1) is 0 Å². The van der Waals surface area contributed by atoms with E-state index in [0.29, 0.717) is 23.0 Å². The minimum atomic E-state index is -3.36. The highest BCUT2D eigenvalue weighted by Gasteiger charge is 2.11. The van der Waals surface area contributed by atoms with Gasteiger partial charge in [-0.05, 0) is 24.7 Å². The van der Waals surface area contributed by atoms with Crippen molar-refractivity contribution in [3.8, 4) is 5.75 Å². The maximum Gasteiger partial charge on any atom is 0.233 e. The van der Waals surface area contributed by atoms with Gasteiger partial charge in [0.1, 0.15) is 5.75 Å². The molecule has 0 radical (unpaired) electrons. The van der Waals surface area contributed by atoms with Crippen LogP contribution in [-0.4, -0.2) is 34.4 Å². The van der Waals surface area contributed by atoms with Crippen LogP contribution in [0, 0.1) is 0 Å². The Hall–Kier alpha value is -0.980. The fourth-order valence-electron chi connectivity index (χ4n) is 1.34. The van der Waals surface area contributed by atoms with Gasteiger partial charge in [0, 0.05) is 6.54 Å². The highest BCUT2D eigenvalue weighted by molar-refractivity contribution is 7.92. The molecular weight excluding hydrogens is 276 g/mol. The molecule has 0 heterocycles. The second-order valence-electron chi connectivity index (χ2n) is 3.62. The van der Waals surface area contributed by atoms with Crippen molar-refractivity contribution in [2.45, 2.75) is 6.92 Å². The molecule has 0 amide bonds. The Morgan fingerprint density at radius 1 is 1.39 bits per heavy atom. The Morgan fingerprint density at radius 2 is 2.11 bits per heavy atom. The smallest absolute Gasteiger partial charge is 0.233 e. The Balaban J connectivity index is 2.69. The molecule has 7 heteroatoms. The molecule has 0 bridgehead atoms. The molecule has 0 aliphatic heterocycles. The van der Waals surface area contributed by atoms with Crippen LogP contribution in [0.5, 0.6) is 5.75 Å². The molecule has 0 aliphatic carbocycles. The molecule has 0 atom stereocenters. The van der Waals surface area contributed by atoms with Gasteiger partial charge in [0.2, 0.25) is 10.0 Å². The molecule has 0 saturated heterocycles. The summed E-state index contributed by atoms with van der Waals surface area (Å²) in [6.45, 7) is 3.07. The summed E-state index contributed by atoms with van der Waals surface area (Å²) in [5.74, 6) is 0.525. The molecule has 18 heavy (non-hydrogen) atoms. The first-order valence-corrected chi connectivity index (χ1v) is 7.56. The minimum absolute atomic E-state index is 0.0183. The third-order valence-electron chi connectivity index (χ3n) is 2.22. The van der Waals surface area contributed by atoms with Crippen molar-refractivity contribution in [2.24, 2.45) is 0 Å². The second kappa shape index (κ2) is 6.82. The molecule has 1 aromatic rings. The van der Waals surface area contributed by atoms with Crippen LogP contribution in [0.4, 0.5) is 5.69 Å². The van der Waals surface area contributed by atoms with Crippen molar-refractivity contribution in [1.29, 1.82) is 0 Å². The summed E-state index contributed by atoms with van der Waals surface area (Å²) in [5.41, 5.74) is 0.428. The Labute approximate surface area is 113 Å². The van der Waals surface area contributed by atoms with Crippen LogP contribution in [0.3, 0.4) is 0 Å². The Kier molecular flexibility index (Phi) is 5.71. The summed E-state index contributed by atoms with van der Waals surface area (Å²) in [6, 6.07) is 4.74. The van der Waals surface area contributed by atoms with Crippen molar-refractivity contribution >= 4 is 27.3 Å². The number of benzene rings is 1. The van der Waals surface area contributed by atoms with Crippen molar-refractivity contribution in [1.82, 2.24) is 5.32 Å². The minimum Gasteiger partial charge on any atom is -0.495 e. The zero-order valence-corrected chi connectivity index (χ0v) is 11.9. The fourth-order valence-corrected chi connectivity index (χ4v) is 2.60. The van der Waals surface area contributed by atoms with Gasteiger partial charge in [-0.1, -0.05) is 18.5 Å². The lowest BCUT2D eigenvalue weighted by atomic mass is 10.3. The van der Waals surface area contributed by atoms with Crippen molar-refractivity contribution in [2.75, 3.05) is 30.7 Å². The number of hydrogen-bond donors (Lipinski definition) is 2. The molecule has 0 spiro atoms. The predicted octanol–water partition coefficient (Wildman–Crippen LogP) is 1.70. The quantitative estimate of drug-likeness (QED) is 0.751. The topological polar surface area (TPSA) is 67.4 Å². The zero-order valence-electron chi connectivity index (χ0n) is 10.4. The molecule has 2 N–H and O–H groups in total. The summed E-state index contributed by atoms with van der Waals surface area (Å²) in [6.07, 6.45) is 0. The van der Waals surface area contributed by atoms with E-state index in [4.69, 9.17) is 16.3 Å². The molecule has 102 valence electrons. The largest absolute Gasteiger partial charge is 0.495 e. The Morgan fingerprint density at radius 3 is 2.67 bits per heavy atom. The molecule has 0 aliphatic rings. The highest BCUT2D eigenvalue weighted by atomic mass is 35.5. The first-order chi connectivity index (χ1) is 8.48. The van der Waals surface area contributed by atoms with E-state index in [2.05, 4.69) is 10.0 Å². The van der Waals surface area contributed by atoms with Gasteiger partial charge in [-0.25, -0.2) is 8.42 Å². The molecule has 0 fully saturated rings. The average Bonchev–Trinajstić information content (AvgIpc) is 2.29.